The highest BCUT2D eigenvalue weighted by atomic mass is 15.1. The lowest BCUT2D eigenvalue weighted by Gasteiger charge is -2.29. The highest BCUT2D eigenvalue weighted by Crippen LogP contribution is 2.34. The van der Waals surface area contributed by atoms with E-state index in [4.69, 9.17) is 0 Å². The number of rotatable bonds is 3. The number of hydrogen-bond donors (Lipinski definition) is 2. The highest BCUT2D eigenvalue weighted by molar-refractivity contribution is 5.99. The molecule has 6 heteroatoms. The summed E-state index contributed by atoms with van der Waals surface area (Å²) in [6, 6.07) is 16.6. The van der Waals surface area contributed by atoms with Gasteiger partial charge in [-0.05, 0) is 37.5 Å². The Hall–Kier alpha value is -3.67. The molecule has 6 rings (SSSR count). The first-order valence-corrected chi connectivity index (χ1v) is 10.5. The number of aromatic amines is 2. The maximum Gasteiger partial charge on any atom is 0.139 e. The minimum atomic E-state index is 0.896. The Bertz CT molecular complexity index is 1330. The molecule has 5 aromatic rings. The van der Waals surface area contributed by atoms with Crippen LogP contribution in [0.2, 0.25) is 0 Å². The van der Waals surface area contributed by atoms with Crippen LogP contribution in [-0.2, 0) is 0 Å². The Balaban J connectivity index is 1.47. The van der Waals surface area contributed by atoms with E-state index in [0.717, 1.165) is 57.7 Å². The Labute approximate surface area is 174 Å². The standard InChI is InChI=1S/C24H22N6/c1-3-7-16(8-4-1)19-13-17-21(15-26-19)28-29-23(17)20-14-18-22(9-10-25-24(18)27-20)30-11-5-2-6-12-30/h1,3-4,7-10,13-15H,2,5-6,11-12H2,(H,25,27)(H,28,29). The van der Waals surface area contributed by atoms with E-state index in [1.165, 1.54) is 24.9 Å². The van der Waals surface area contributed by atoms with Gasteiger partial charge in [0.2, 0.25) is 0 Å². The number of anilines is 1. The van der Waals surface area contributed by atoms with Crippen molar-refractivity contribution in [3.05, 3.63) is 60.9 Å². The number of benzene rings is 1. The number of aromatic nitrogens is 5. The van der Waals surface area contributed by atoms with E-state index in [-0.39, 0.29) is 0 Å². The van der Waals surface area contributed by atoms with Crippen LogP contribution >= 0.6 is 0 Å². The van der Waals surface area contributed by atoms with Crippen molar-refractivity contribution in [2.24, 2.45) is 0 Å². The quantitative estimate of drug-likeness (QED) is 0.443. The van der Waals surface area contributed by atoms with E-state index in [0.29, 0.717) is 0 Å². The van der Waals surface area contributed by atoms with Gasteiger partial charge in [0.15, 0.2) is 0 Å². The van der Waals surface area contributed by atoms with Crippen LogP contribution in [0.5, 0.6) is 0 Å². The number of nitrogens with one attached hydrogen (secondary N) is 2. The number of piperidine rings is 1. The van der Waals surface area contributed by atoms with Crippen LogP contribution < -0.4 is 4.90 Å². The molecule has 30 heavy (non-hydrogen) atoms. The molecule has 1 aromatic carbocycles. The van der Waals surface area contributed by atoms with Crippen LogP contribution in [0, 0.1) is 0 Å². The zero-order valence-corrected chi connectivity index (χ0v) is 16.6. The van der Waals surface area contributed by atoms with E-state index in [1.54, 1.807) is 0 Å². The molecule has 0 radical (unpaired) electrons. The van der Waals surface area contributed by atoms with Gasteiger partial charge in [0.1, 0.15) is 11.3 Å². The molecule has 0 bridgehead atoms. The van der Waals surface area contributed by atoms with Gasteiger partial charge in [-0.2, -0.15) is 5.10 Å². The third-order valence-corrected chi connectivity index (χ3v) is 5.98. The molecule has 0 amide bonds. The monoisotopic (exact) mass is 394 g/mol. The highest BCUT2D eigenvalue weighted by Gasteiger charge is 2.18. The molecule has 6 nitrogen and oxygen atoms in total. The first-order valence-electron chi connectivity index (χ1n) is 10.5. The molecule has 0 aliphatic carbocycles. The molecule has 5 heterocycles. The maximum atomic E-state index is 4.60. The Morgan fingerprint density at radius 3 is 2.60 bits per heavy atom. The minimum Gasteiger partial charge on any atom is -0.371 e. The number of hydrogen-bond acceptors (Lipinski definition) is 4. The molecule has 1 fully saturated rings. The summed E-state index contributed by atoms with van der Waals surface area (Å²) in [5.74, 6) is 0. The fraction of sp³-hybridized carbons (Fsp3) is 0.208. The molecule has 0 atom stereocenters. The van der Waals surface area contributed by atoms with Crippen molar-refractivity contribution in [1.82, 2.24) is 25.1 Å². The van der Waals surface area contributed by atoms with E-state index >= 15 is 0 Å². The molecule has 1 saturated heterocycles. The van der Waals surface area contributed by atoms with Gasteiger partial charge >= 0.3 is 0 Å². The summed E-state index contributed by atoms with van der Waals surface area (Å²) < 4.78 is 0. The van der Waals surface area contributed by atoms with Crippen molar-refractivity contribution < 1.29 is 0 Å². The van der Waals surface area contributed by atoms with Crippen molar-refractivity contribution in [3.63, 3.8) is 0 Å². The molecule has 2 N–H and O–H groups in total. The lowest BCUT2D eigenvalue weighted by atomic mass is 10.1. The van der Waals surface area contributed by atoms with Gasteiger partial charge in [-0.15, -0.1) is 0 Å². The number of nitrogens with zero attached hydrogens (tertiary/aromatic N) is 4. The molecule has 0 unspecified atom stereocenters. The van der Waals surface area contributed by atoms with Crippen molar-refractivity contribution in [3.8, 4) is 22.6 Å². The molecule has 0 saturated carbocycles. The smallest absolute Gasteiger partial charge is 0.139 e. The van der Waals surface area contributed by atoms with Gasteiger partial charge < -0.3 is 9.88 Å². The van der Waals surface area contributed by atoms with Gasteiger partial charge in [0, 0.05) is 41.3 Å². The van der Waals surface area contributed by atoms with Crippen LogP contribution in [-0.4, -0.2) is 38.2 Å². The third kappa shape index (κ3) is 2.84. The van der Waals surface area contributed by atoms with Crippen molar-refractivity contribution in [2.75, 3.05) is 18.0 Å². The lowest BCUT2D eigenvalue weighted by Crippen LogP contribution is -2.29. The average molecular weight is 394 g/mol. The second-order valence-electron chi connectivity index (χ2n) is 7.88. The summed E-state index contributed by atoms with van der Waals surface area (Å²) >= 11 is 0. The summed E-state index contributed by atoms with van der Waals surface area (Å²) in [6.07, 6.45) is 7.57. The molecular weight excluding hydrogens is 372 g/mol. The molecule has 1 aliphatic rings. The fourth-order valence-corrected chi connectivity index (χ4v) is 4.44. The Morgan fingerprint density at radius 2 is 1.73 bits per heavy atom. The molecular formula is C24H22N6. The lowest BCUT2D eigenvalue weighted by molar-refractivity contribution is 0.579. The molecule has 4 aromatic heterocycles. The van der Waals surface area contributed by atoms with Gasteiger partial charge in [0.05, 0.1) is 23.1 Å². The third-order valence-electron chi connectivity index (χ3n) is 5.98. The van der Waals surface area contributed by atoms with E-state index in [1.807, 2.05) is 30.6 Å². The summed E-state index contributed by atoms with van der Waals surface area (Å²) in [5, 5.41) is 9.93. The van der Waals surface area contributed by atoms with Crippen LogP contribution in [0.4, 0.5) is 5.69 Å². The number of pyridine rings is 2. The predicted octanol–water partition coefficient (Wildman–Crippen LogP) is 5.16. The van der Waals surface area contributed by atoms with Gasteiger partial charge in [-0.25, -0.2) is 4.98 Å². The summed E-state index contributed by atoms with van der Waals surface area (Å²) in [7, 11) is 0. The normalized spacial score (nSPS) is 14.6. The van der Waals surface area contributed by atoms with Crippen LogP contribution in [0.3, 0.4) is 0 Å². The van der Waals surface area contributed by atoms with Gasteiger partial charge in [-0.1, -0.05) is 30.3 Å². The minimum absolute atomic E-state index is 0.896. The Morgan fingerprint density at radius 1 is 0.867 bits per heavy atom. The number of fused-ring (bicyclic) bond motifs is 2. The first-order chi connectivity index (χ1) is 14.9. The number of H-pyrrole nitrogens is 2. The summed E-state index contributed by atoms with van der Waals surface area (Å²) in [6.45, 7) is 2.22. The molecule has 0 spiro atoms. The molecule has 148 valence electrons. The zero-order valence-electron chi connectivity index (χ0n) is 16.6. The van der Waals surface area contributed by atoms with Crippen LogP contribution in [0.15, 0.2) is 60.9 Å². The average Bonchev–Trinajstić information content (AvgIpc) is 3.43. The topological polar surface area (TPSA) is 73.5 Å². The SMILES string of the molecule is c1ccc(-c2cc3c(-c4cc5c(N6CCCCC6)ccnc5[nH]4)n[nH]c3cn2)cc1. The maximum absolute atomic E-state index is 4.60. The van der Waals surface area contributed by atoms with Crippen molar-refractivity contribution >= 4 is 27.6 Å². The molecule has 1 aliphatic heterocycles. The fourth-order valence-electron chi connectivity index (χ4n) is 4.44. The van der Waals surface area contributed by atoms with Crippen molar-refractivity contribution in [1.29, 1.82) is 0 Å². The summed E-state index contributed by atoms with van der Waals surface area (Å²) in [4.78, 5) is 15.1. The van der Waals surface area contributed by atoms with Gasteiger partial charge in [0.25, 0.3) is 0 Å². The van der Waals surface area contributed by atoms with E-state index < -0.39 is 0 Å². The largest absolute Gasteiger partial charge is 0.371 e. The van der Waals surface area contributed by atoms with Crippen LogP contribution in [0.1, 0.15) is 19.3 Å². The Kier molecular flexibility index (Phi) is 4.01. The second kappa shape index (κ2) is 6.99. The van der Waals surface area contributed by atoms with Crippen LogP contribution in [0.25, 0.3) is 44.6 Å². The first kappa shape index (κ1) is 17.2. The zero-order chi connectivity index (χ0) is 19.9. The van der Waals surface area contributed by atoms with Crippen molar-refractivity contribution in [2.45, 2.75) is 19.3 Å². The van der Waals surface area contributed by atoms with E-state index in [9.17, 15) is 0 Å². The second-order valence-corrected chi connectivity index (χ2v) is 7.88. The summed E-state index contributed by atoms with van der Waals surface area (Å²) in [5.41, 5.74) is 6.99. The van der Waals surface area contributed by atoms with Gasteiger partial charge in [-0.3, -0.25) is 10.1 Å². The van der Waals surface area contributed by atoms with E-state index in [2.05, 4.69) is 60.4 Å². The predicted molar refractivity (Wildman–Crippen MR) is 120 cm³/mol.